The smallest absolute Gasteiger partial charge is 0.408 e. The van der Waals surface area contributed by atoms with Crippen LogP contribution in [-0.4, -0.2) is 54.5 Å². The number of carbonyl (C=O) groups is 3. The number of fused-ring (bicyclic) bond motifs is 4. The van der Waals surface area contributed by atoms with Crippen molar-refractivity contribution < 1.29 is 29.0 Å². The molecular weight excluding hydrogens is 448 g/mol. The topological polar surface area (TPSA) is 114 Å². The Morgan fingerprint density at radius 2 is 1.69 bits per heavy atom. The van der Waals surface area contributed by atoms with Gasteiger partial charge in [-0.2, -0.15) is 0 Å². The summed E-state index contributed by atoms with van der Waals surface area (Å²) in [6.07, 6.45) is -0.401. The van der Waals surface area contributed by atoms with E-state index in [0.29, 0.717) is 13.0 Å². The van der Waals surface area contributed by atoms with E-state index in [1.165, 1.54) is 0 Å². The molecule has 8 heteroatoms. The molecule has 1 aliphatic heterocycles. The van der Waals surface area contributed by atoms with Crippen LogP contribution < -0.4 is 10.6 Å². The first-order chi connectivity index (χ1) is 16.8. The summed E-state index contributed by atoms with van der Waals surface area (Å²) in [4.78, 5) is 37.5. The van der Waals surface area contributed by atoms with Crippen molar-refractivity contribution in [2.24, 2.45) is 11.3 Å². The van der Waals surface area contributed by atoms with Crippen molar-refractivity contribution in [3.05, 3.63) is 59.7 Å². The molecule has 35 heavy (non-hydrogen) atoms. The molecular formula is C27H30N2O6. The molecule has 3 N–H and O–H groups in total. The largest absolute Gasteiger partial charge is 0.481 e. The summed E-state index contributed by atoms with van der Waals surface area (Å²) >= 11 is 0. The molecule has 2 aliphatic carbocycles. The maximum Gasteiger partial charge on any atom is 0.408 e. The SMILES string of the molecule is CC1(C)C2OCCC2C1(NC(=O)OCC1c2ccccc2-c2ccccc21)C(=O)NCCC(=O)O. The zero-order valence-corrected chi connectivity index (χ0v) is 19.9. The van der Waals surface area contributed by atoms with E-state index >= 15 is 0 Å². The first kappa shape index (κ1) is 23.4. The van der Waals surface area contributed by atoms with Gasteiger partial charge in [-0.3, -0.25) is 9.59 Å². The van der Waals surface area contributed by atoms with E-state index in [0.717, 1.165) is 22.3 Å². The number of ether oxygens (including phenoxy) is 2. The van der Waals surface area contributed by atoms with Gasteiger partial charge in [-0.15, -0.1) is 0 Å². The Hall–Kier alpha value is -3.39. The van der Waals surface area contributed by atoms with Gasteiger partial charge in [0.2, 0.25) is 5.91 Å². The first-order valence-electron chi connectivity index (χ1n) is 12.0. The van der Waals surface area contributed by atoms with E-state index in [9.17, 15) is 14.4 Å². The third-order valence-electron chi connectivity index (χ3n) is 8.00. The van der Waals surface area contributed by atoms with Crippen LogP contribution in [0.2, 0.25) is 0 Å². The molecule has 0 radical (unpaired) electrons. The molecule has 0 bridgehead atoms. The van der Waals surface area contributed by atoms with E-state index < -0.39 is 28.9 Å². The van der Waals surface area contributed by atoms with Crippen LogP contribution in [0.15, 0.2) is 48.5 Å². The highest BCUT2D eigenvalue weighted by molar-refractivity contribution is 5.93. The van der Waals surface area contributed by atoms with E-state index in [4.69, 9.17) is 14.6 Å². The number of benzene rings is 2. The van der Waals surface area contributed by atoms with Crippen LogP contribution in [0.1, 0.15) is 43.7 Å². The van der Waals surface area contributed by atoms with Crippen LogP contribution in [0.3, 0.4) is 0 Å². The van der Waals surface area contributed by atoms with Crippen LogP contribution in [-0.2, 0) is 19.1 Å². The number of alkyl carbamates (subject to hydrolysis) is 1. The minimum absolute atomic E-state index is 0.0173. The van der Waals surface area contributed by atoms with E-state index in [1.807, 2.05) is 50.2 Å². The van der Waals surface area contributed by atoms with Gasteiger partial charge in [-0.1, -0.05) is 62.4 Å². The summed E-state index contributed by atoms with van der Waals surface area (Å²) in [6.45, 7) is 4.41. The number of carboxylic acids is 1. The monoisotopic (exact) mass is 478 g/mol. The molecule has 2 aromatic carbocycles. The van der Waals surface area contributed by atoms with Crippen LogP contribution in [0.5, 0.6) is 0 Å². The lowest BCUT2D eigenvalue weighted by molar-refractivity contribution is -0.183. The fourth-order valence-electron chi connectivity index (χ4n) is 6.34. The zero-order chi connectivity index (χ0) is 24.8. The number of carbonyl (C=O) groups excluding carboxylic acids is 2. The summed E-state index contributed by atoms with van der Waals surface area (Å²) in [5, 5.41) is 14.6. The fraction of sp³-hybridized carbons (Fsp3) is 0.444. The Labute approximate surface area is 204 Å². The van der Waals surface area contributed by atoms with Crippen molar-refractivity contribution in [2.75, 3.05) is 19.8 Å². The molecule has 1 saturated carbocycles. The lowest BCUT2D eigenvalue weighted by Gasteiger charge is -2.62. The molecule has 0 aromatic heterocycles. The Bertz CT molecular complexity index is 1130. The standard InChI is InChI=1S/C27H30N2O6/c1-26(2)23-21(12-14-34-23)27(26,24(32)28-13-11-22(30)31)29-25(33)35-15-20-18-9-5-3-7-16(18)17-8-4-6-10-19(17)20/h3-10,20-21,23H,11-15H2,1-2H3,(H,28,32)(H,29,33)(H,30,31). The van der Waals surface area contributed by atoms with E-state index in [1.54, 1.807) is 0 Å². The Morgan fingerprint density at radius 1 is 1.06 bits per heavy atom. The van der Waals surface area contributed by atoms with Crippen LogP contribution in [0.25, 0.3) is 11.1 Å². The van der Waals surface area contributed by atoms with Gasteiger partial charge in [0.15, 0.2) is 0 Å². The quantitative estimate of drug-likeness (QED) is 0.563. The Morgan fingerprint density at radius 3 is 2.31 bits per heavy atom. The molecule has 3 aliphatic rings. The number of carboxylic acid groups (broad SMARTS) is 1. The Kier molecular flexibility index (Phi) is 5.79. The van der Waals surface area contributed by atoms with Gasteiger partial charge in [-0.25, -0.2) is 4.79 Å². The molecule has 3 unspecified atom stereocenters. The highest BCUT2D eigenvalue weighted by Crippen LogP contribution is 2.59. The van der Waals surface area contributed by atoms with Gasteiger partial charge < -0.3 is 25.2 Å². The van der Waals surface area contributed by atoms with Gasteiger partial charge in [0.25, 0.3) is 0 Å². The Balaban J connectivity index is 1.33. The molecule has 5 rings (SSSR count). The van der Waals surface area contributed by atoms with E-state index in [-0.39, 0.29) is 37.5 Å². The van der Waals surface area contributed by atoms with Gasteiger partial charge >= 0.3 is 12.1 Å². The predicted octanol–water partition coefficient (Wildman–Crippen LogP) is 3.30. The van der Waals surface area contributed by atoms with Gasteiger partial charge in [-0.05, 0) is 28.7 Å². The lowest BCUT2D eigenvalue weighted by atomic mass is 9.47. The maximum atomic E-state index is 13.4. The first-order valence-corrected chi connectivity index (χ1v) is 12.0. The fourth-order valence-corrected chi connectivity index (χ4v) is 6.34. The molecule has 3 atom stereocenters. The normalized spacial score (nSPS) is 25.5. The van der Waals surface area contributed by atoms with Gasteiger partial charge in [0.1, 0.15) is 12.1 Å². The number of hydrogen-bond acceptors (Lipinski definition) is 5. The second-order valence-corrected chi connectivity index (χ2v) is 10.1. The van der Waals surface area contributed by atoms with Crippen molar-refractivity contribution in [1.82, 2.24) is 10.6 Å². The number of hydrogen-bond donors (Lipinski definition) is 3. The molecule has 2 aromatic rings. The van der Waals surface area contributed by atoms with Gasteiger partial charge in [0, 0.05) is 30.4 Å². The maximum absolute atomic E-state index is 13.4. The zero-order valence-electron chi connectivity index (χ0n) is 19.9. The van der Waals surface area contributed by atoms with Crippen LogP contribution in [0, 0.1) is 11.3 Å². The van der Waals surface area contributed by atoms with E-state index in [2.05, 4.69) is 22.8 Å². The summed E-state index contributed by atoms with van der Waals surface area (Å²) < 4.78 is 11.6. The molecule has 2 amide bonds. The molecule has 8 nitrogen and oxygen atoms in total. The van der Waals surface area contributed by atoms with Crippen molar-refractivity contribution in [3.63, 3.8) is 0 Å². The van der Waals surface area contributed by atoms with Crippen molar-refractivity contribution in [1.29, 1.82) is 0 Å². The molecule has 2 fully saturated rings. The highest BCUT2D eigenvalue weighted by atomic mass is 16.5. The second kappa shape index (κ2) is 8.68. The lowest BCUT2D eigenvalue weighted by Crippen LogP contribution is -2.82. The molecule has 1 heterocycles. The summed E-state index contributed by atoms with van der Waals surface area (Å²) in [5.74, 6) is -1.70. The summed E-state index contributed by atoms with van der Waals surface area (Å²) in [7, 11) is 0. The predicted molar refractivity (Wildman–Crippen MR) is 128 cm³/mol. The van der Waals surface area contributed by atoms with Crippen molar-refractivity contribution in [2.45, 2.75) is 44.2 Å². The third kappa shape index (κ3) is 3.58. The molecule has 0 spiro atoms. The van der Waals surface area contributed by atoms with Crippen molar-refractivity contribution in [3.8, 4) is 11.1 Å². The average Bonchev–Trinajstić information content (AvgIpc) is 3.43. The summed E-state index contributed by atoms with van der Waals surface area (Å²) in [5.41, 5.74) is 2.56. The highest BCUT2D eigenvalue weighted by Gasteiger charge is 2.74. The van der Waals surface area contributed by atoms with Gasteiger partial charge in [0.05, 0.1) is 12.5 Å². The minimum Gasteiger partial charge on any atom is -0.481 e. The summed E-state index contributed by atoms with van der Waals surface area (Å²) in [6, 6.07) is 16.2. The minimum atomic E-state index is -1.24. The second-order valence-electron chi connectivity index (χ2n) is 10.1. The molecule has 184 valence electrons. The number of amides is 2. The number of aliphatic carboxylic acids is 1. The third-order valence-corrected chi connectivity index (χ3v) is 8.00. The van der Waals surface area contributed by atoms with Crippen molar-refractivity contribution >= 4 is 18.0 Å². The number of nitrogens with one attached hydrogen (secondary N) is 2. The van der Waals surface area contributed by atoms with Crippen LogP contribution in [0.4, 0.5) is 4.79 Å². The average molecular weight is 479 g/mol. The van der Waals surface area contributed by atoms with Crippen LogP contribution >= 0.6 is 0 Å². The number of rotatable bonds is 7. The molecule has 1 saturated heterocycles.